The van der Waals surface area contributed by atoms with Gasteiger partial charge in [-0.25, -0.2) is 5.10 Å². The maximum atomic E-state index is 11.9. The van der Waals surface area contributed by atoms with E-state index in [1.165, 1.54) is 0 Å². The molecule has 0 amide bonds. The molecule has 0 aliphatic carbocycles. The van der Waals surface area contributed by atoms with Crippen LogP contribution in [0.2, 0.25) is 0 Å². The average Bonchev–Trinajstić information content (AvgIpc) is 2.72. The maximum absolute atomic E-state index is 11.9. The van der Waals surface area contributed by atoms with E-state index in [-0.39, 0.29) is 11.6 Å². The molecule has 0 radical (unpaired) electrons. The van der Waals surface area contributed by atoms with Gasteiger partial charge in [0, 0.05) is 18.0 Å². The Morgan fingerprint density at radius 1 is 1.07 bits per heavy atom. The minimum atomic E-state index is -0.953. The van der Waals surface area contributed by atoms with Gasteiger partial charge in [-0.15, -0.1) is 0 Å². The van der Waals surface area contributed by atoms with Crippen LogP contribution < -0.4 is 16.2 Å². The van der Waals surface area contributed by atoms with Crippen molar-refractivity contribution < 1.29 is 9.90 Å². The molecule has 7 heteroatoms. The molecule has 152 valence electrons. The van der Waals surface area contributed by atoms with E-state index in [2.05, 4.69) is 20.8 Å². The van der Waals surface area contributed by atoms with Gasteiger partial charge in [0.1, 0.15) is 0 Å². The Morgan fingerprint density at radius 3 is 2.41 bits per heavy atom. The largest absolute Gasteiger partial charge is 0.481 e. The van der Waals surface area contributed by atoms with Gasteiger partial charge >= 0.3 is 5.97 Å². The number of carbonyl (C=O) groups is 1. The van der Waals surface area contributed by atoms with Crippen LogP contribution in [0, 0.1) is 5.41 Å². The third-order valence-corrected chi connectivity index (χ3v) is 5.10. The second-order valence-corrected chi connectivity index (χ2v) is 7.55. The lowest BCUT2D eigenvalue weighted by atomic mass is 9.80. The molecule has 0 bridgehead atoms. The lowest BCUT2D eigenvalue weighted by molar-refractivity contribution is -0.148. The number of carboxylic acid groups (broad SMARTS) is 1. The van der Waals surface area contributed by atoms with Crippen molar-refractivity contribution in [2.45, 2.75) is 26.3 Å². The number of hydrogen-bond donors (Lipinski definition) is 4. The van der Waals surface area contributed by atoms with Crippen LogP contribution in [-0.4, -0.2) is 34.4 Å². The van der Waals surface area contributed by atoms with Gasteiger partial charge in [-0.3, -0.25) is 9.59 Å². The van der Waals surface area contributed by atoms with Gasteiger partial charge < -0.3 is 15.7 Å². The number of nitrogens with one attached hydrogen (secondary N) is 3. The number of rotatable bonds is 9. The first-order valence-corrected chi connectivity index (χ1v) is 9.64. The summed E-state index contributed by atoms with van der Waals surface area (Å²) in [4.78, 5) is 23.6. The van der Waals surface area contributed by atoms with Gasteiger partial charge in [-0.05, 0) is 38.4 Å². The third-order valence-electron chi connectivity index (χ3n) is 5.10. The second-order valence-electron chi connectivity index (χ2n) is 7.55. The smallest absolute Gasteiger partial charge is 0.311 e. The summed E-state index contributed by atoms with van der Waals surface area (Å²) < 4.78 is 0. The van der Waals surface area contributed by atoms with E-state index in [9.17, 15) is 14.7 Å². The molecule has 2 aromatic carbocycles. The fourth-order valence-corrected chi connectivity index (χ4v) is 3.35. The number of nitrogens with zero attached hydrogens (tertiary/aromatic N) is 1. The zero-order chi connectivity index (χ0) is 20.9. The van der Waals surface area contributed by atoms with E-state index >= 15 is 0 Å². The molecule has 0 saturated heterocycles. The number of aromatic amines is 1. The van der Waals surface area contributed by atoms with Crippen molar-refractivity contribution in [2.24, 2.45) is 5.41 Å². The molecule has 1 atom stereocenters. The van der Waals surface area contributed by atoms with Crippen molar-refractivity contribution in [3.63, 3.8) is 0 Å². The molecule has 4 N–H and O–H groups in total. The molecule has 0 fully saturated rings. The zero-order valence-electron chi connectivity index (χ0n) is 16.6. The van der Waals surface area contributed by atoms with Crippen LogP contribution in [-0.2, 0) is 4.79 Å². The second kappa shape index (κ2) is 8.87. The van der Waals surface area contributed by atoms with Gasteiger partial charge in [-0.1, -0.05) is 48.5 Å². The highest BCUT2D eigenvalue weighted by Gasteiger charge is 2.37. The molecule has 29 heavy (non-hydrogen) atoms. The Hall–Kier alpha value is -3.19. The molecular weight excluding hydrogens is 368 g/mol. The van der Waals surface area contributed by atoms with E-state index in [4.69, 9.17) is 0 Å². The molecule has 0 spiro atoms. The van der Waals surface area contributed by atoms with Gasteiger partial charge in [0.15, 0.2) is 5.82 Å². The Bertz CT molecular complexity index is 1030. The summed E-state index contributed by atoms with van der Waals surface area (Å²) >= 11 is 0. The molecule has 7 nitrogen and oxygen atoms in total. The lowest BCUT2D eigenvalue weighted by Crippen LogP contribution is -2.40. The molecule has 0 aliphatic heterocycles. The van der Waals surface area contributed by atoms with Crippen LogP contribution >= 0.6 is 0 Å². The van der Waals surface area contributed by atoms with Crippen LogP contribution in [0.5, 0.6) is 0 Å². The van der Waals surface area contributed by atoms with E-state index in [0.29, 0.717) is 24.3 Å². The Kier molecular flexibility index (Phi) is 6.29. The van der Waals surface area contributed by atoms with Gasteiger partial charge in [0.2, 0.25) is 0 Å². The van der Waals surface area contributed by atoms with Crippen molar-refractivity contribution in [1.29, 1.82) is 0 Å². The predicted molar refractivity (Wildman–Crippen MR) is 114 cm³/mol. The Labute approximate surface area is 169 Å². The fraction of sp³-hybridized carbons (Fsp3) is 0.318. The van der Waals surface area contributed by atoms with Crippen molar-refractivity contribution in [3.8, 4) is 0 Å². The topological polar surface area (TPSA) is 107 Å². The molecule has 3 aromatic rings. The van der Waals surface area contributed by atoms with E-state index < -0.39 is 11.4 Å². The van der Waals surface area contributed by atoms with Crippen LogP contribution in [0.25, 0.3) is 10.8 Å². The van der Waals surface area contributed by atoms with E-state index in [1.807, 2.05) is 48.5 Å². The minimum absolute atomic E-state index is 0.213. The SMILES string of the molecule is CC(C)(C(=O)O)C(NCCCNc1n[nH]c(=O)c2ccccc12)c1ccccc1. The van der Waals surface area contributed by atoms with Crippen LogP contribution in [0.4, 0.5) is 5.82 Å². The van der Waals surface area contributed by atoms with Gasteiger partial charge in [0.05, 0.1) is 10.8 Å². The average molecular weight is 394 g/mol. The highest BCUT2D eigenvalue weighted by atomic mass is 16.4. The standard InChI is InChI=1S/C22H26N4O3/c1-22(2,21(28)29)18(15-9-4-3-5-10-15)23-13-8-14-24-19-16-11-6-7-12-17(16)20(27)26-25-19/h3-7,9-12,18,23H,8,13-14H2,1-2H3,(H,24,25)(H,26,27)(H,28,29). The molecule has 0 aliphatic rings. The summed E-state index contributed by atoms with van der Waals surface area (Å²) in [6.07, 6.45) is 0.758. The number of aromatic nitrogens is 2. The zero-order valence-corrected chi connectivity index (χ0v) is 16.6. The van der Waals surface area contributed by atoms with Crippen molar-refractivity contribution in [1.82, 2.24) is 15.5 Å². The Morgan fingerprint density at radius 2 is 1.72 bits per heavy atom. The molecule has 3 rings (SSSR count). The molecule has 0 saturated carbocycles. The van der Waals surface area contributed by atoms with Crippen molar-refractivity contribution in [3.05, 3.63) is 70.5 Å². The van der Waals surface area contributed by atoms with Crippen molar-refractivity contribution >= 4 is 22.6 Å². The highest BCUT2D eigenvalue weighted by Crippen LogP contribution is 2.33. The van der Waals surface area contributed by atoms with Crippen LogP contribution in [0.15, 0.2) is 59.4 Å². The number of benzene rings is 2. The summed E-state index contributed by atoms with van der Waals surface area (Å²) in [5.74, 6) is -0.216. The molecular formula is C22H26N4O3. The van der Waals surface area contributed by atoms with Crippen LogP contribution in [0.3, 0.4) is 0 Å². The maximum Gasteiger partial charge on any atom is 0.311 e. The number of H-pyrrole nitrogens is 1. The van der Waals surface area contributed by atoms with Crippen LogP contribution in [0.1, 0.15) is 31.9 Å². The van der Waals surface area contributed by atoms with Gasteiger partial charge in [-0.2, -0.15) is 5.10 Å². The summed E-state index contributed by atoms with van der Waals surface area (Å²) in [5, 5.41) is 24.3. The molecule has 1 aromatic heterocycles. The minimum Gasteiger partial charge on any atom is -0.481 e. The van der Waals surface area contributed by atoms with E-state index in [0.717, 1.165) is 17.4 Å². The van der Waals surface area contributed by atoms with E-state index in [1.54, 1.807) is 19.9 Å². The fourth-order valence-electron chi connectivity index (χ4n) is 3.35. The van der Waals surface area contributed by atoms with Crippen molar-refractivity contribution in [2.75, 3.05) is 18.4 Å². The summed E-state index contributed by atoms with van der Waals surface area (Å²) in [6.45, 7) is 4.72. The number of carboxylic acids is 1. The third kappa shape index (κ3) is 4.63. The number of anilines is 1. The van der Waals surface area contributed by atoms with Gasteiger partial charge in [0.25, 0.3) is 5.56 Å². The Balaban J connectivity index is 1.62. The highest BCUT2D eigenvalue weighted by molar-refractivity contribution is 5.90. The number of hydrogen-bond acceptors (Lipinski definition) is 5. The predicted octanol–water partition coefficient (Wildman–Crippen LogP) is 3.17. The number of fused-ring (bicyclic) bond motifs is 1. The lowest BCUT2D eigenvalue weighted by Gasteiger charge is -2.32. The quantitative estimate of drug-likeness (QED) is 0.415. The summed E-state index contributed by atoms with van der Waals surface area (Å²) in [6, 6.07) is 16.6. The summed E-state index contributed by atoms with van der Waals surface area (Å²) in [5.41, 5.74) is -0.221. The first kappa shape index (κ1) is 20.5. The monoisotopic (exact) mass is 394 g/mol. The summed E-state index contributed by atoms with van der Waals surface area (Å²) in [7, 11) is 0. The normalized spacial score (nSPS) is 12.6. The first-order chi connectivity index (χ1) is 13.9. The molecule has 1 heterocycles. The number of aliphatic carboxylic acids is 1. The molecule has 1 unspecified atom stereocenters. The first-order valence-electron chi connectivity index (χ1n) is 9.64.